The van der Waals surface area contributed by atoms with Gasteiger partial charge in [0.15, 0.2) is 0 Å². The van der Waals surface area contributed by atoms with Gasteiger partial charge in [-0.2, -0.15) is 0 Å². The predicted octanol–water partition coefficient (Wildman–Crippen LogP) is 3.53. The smallest absolute Gasteiger partial charge is 0.0911 e. The van der Waals surface area contributed by atoms with Crippen molar-refractivity contribution < 1.29 is 4.39 Å². The Kier molecular flexibility index (Phi) is 4.22. The molecule has 72 valence electrons. The summed E-state index contributed by atoms with van der Waals surface area (Å²) in [6.45, 7) is 2.46. The van der Waals surface area contributed by atoms with E-state index in [2.05, 4.69) is 21.2 Å². The lowest BCUT2D eigenvalue weighted by atomic mass is 10.2. The largest absolute Gasteiger partial charge is 0.385 e. The number of hydrogen-bond acceptors (Lipinski definition) is 1. The van der Waals surface area contributed by atoms with Crippen LogP contribution < -0.4 is 5.32 Å². The second-order valence-corrected chi connectivity index (χ2v) is 3.79. The van der Waals surface area contributed by atoms with Gasteiger partial charge in [0.05, 0.1) is 6.67 Å². The molecular weight excluding hydrogens is 233 g/mol. The van der Waals surface area contributed by atoms with Crippen LogP contribution in [0.1, 0.15) is 12.0 Å². The van der Waals surface area contributed by atoms with Crippen LogP contribution in [0.3, 0.4) is 0 Å². The van der Waals surface area contributed by atoms with Crippen LogP contribution in [-0.2, 0) is 0 Å². The maximum absolute atomic E-state index is 11.8. The van der Waals surface area contributed by atoms with E-state index in [0.29, 0.717) is 13.0 Å². The zero-order valence-corrected chi connectivity index (χ0v) is 9.20. The van der Waals surface area contributed by atoms with Gasteiger partial charge in [-0.1, -0.05) is 22.0 Å². The molecule has 0 heterocycles. The molecule has 0 saturated carbocycles. The van der Waals surface area contributed by atoms with Crippen LogP contribution in [0.5, 0.6) is 0 Å². The number of hydrogen-bond donors (Lipinski definition) is 1. The number of anilines is 1. The molecule has 0 spiro atoms. The number of aryl methyl sites for hydroxylation is 1. The van der Waals surface area contributed by atoms with Gasteiger partial charge in [-0.15, -0.1) is 0 Å². The molecule has 0 aromatic heterocycles. The van der Waals surface area contributed by atoms with E-state index in [0.717, 1.165) is 10.2 Å². The Hall–Kier alpha value is -0.570. The second-order valence-electron chi connectivity index (χ2n) is 2.93. The van der Waals surface area contributed by atoms with Gasteiger partial charge in [-0.25, -0.2) is 0 Å². The fourth-order valence-electron chi connectivity index (χ4n) is 1.00. The molecule has 0 aliphatic carbocycles. The Morgan fingerprint density at radius 1 is 1.46 bits per heavy atom. The molecule has 13 heavy (non-hydrogen) atoms. The third-order valence-electron chi connectivity index (χ3n) is 1.81. The Bertz CT molecular complexity index is 276. The molecule has 1 nitrogen and oxygen atoms in total. The fraction of sp³-hybridized carbons (Fsp3) is 0.400. The van der Waals surface area contributed by atoms with Gasteiger partial charge in [0.25, 0.3) is 0 Å². The zero-order chi connectivity index (χ0) is 9.68. The lowest BCUT2D eigenvalue weighted by Crippen LogP contribution is -2.01. The number of alkyl halides is 1. The first-order valence-corrected chi connectivity index (χ1v) is 5.09. The van der Waals surface area contributed by atoms with E-state index >= 15 is 0 Å². The average molecular weight is 246 g/mol. The van der Waals surface area contributed by atoms with Crippen LogP contribution in [0.2, 0.25) is 0 Å². The van der Waals surface area contributed by atoms with E-state index in [1.807, 2.05) is 25.1 Å². The molecule has 1 rings (SSSR count). The first-order valence-electron chi connectivity index (χ1n) is 4.30. The molecule has 0 unspecified atom stereocenters. The van der Waals surface area contributed by atoms with Crippen LogP contribution in [0.4, 0.5) is 10.1 Å². The number of nitrogens with one attached hydrogen (secondary N) is 1. The fourth-order valence-corrected chi connectivity index (χ4v) is 1.38. The molecule has 0 fully saturated rings. The summed E-state index contributed by atoms with van der Waals surface area (Å²) in [4.78, 5) is 0. The molecule has 0 bridgehead atoms. The number of rotatable bonds is 4. The van der Waals surface area contributed by atoms with E-state index in [9.17, 15) is 4.39 Å². The molecule has 0 atom stereocenters. The van der Waals surface area contributed by atoms with Gasteiger partial charge < -0.3 is 5.32 Å². The van der Waals surface area contributed by atoms with Gasteiger partial charge in [0, 0.05) is 16.7 Å². The van der Waals surface area contributed by atoms with Crippen molar-refractivity contribution in [1.82, 2.24) is 0 Å². The van der Waals surface area contributed by atoms with Crippen molar-refractivity contribution in [2.45, 2.75) is 13.3 Å². The maximum Gasteiger partial charge on any atom is 0.0911 e. The molecule has 0 aliphatic rings. The zero-order valence-electron chi connectivity index (χ0n) is 7.61. The Balaban J connectivity index is 2.53. The van der Waals surface area contributed by atoms with E-state index in [4.69, 9.17) is 0 Å². The summed E-state index contributed by atoms with van der Waals surface area (Å²) in [5, 5.41) is 3.14. The van der Waals surface area contributed by atoms with Crippen molar-refractivity contribution in [3.63, 3.8) is 0 Å². The molecule has 1 aromatic carbocycles. The van der Waals surface area contributed by atoms with Crippen LogP contribution in [0, 0.1) is 6.92 Å². The van der Waals surface area contributed by atoms with E-state index in [1.54, 1.807) is 0 Å². The van der Waals surface area contributed by atoms with E-state index in [-0.39, 0.29) is 6.67 Å². The standard InChI is InChI=1S/C10H13BrFN/c1-8-3-4-9(7-10(8)11)13-6-2-5-12/h3-4,7,13H,2,5-6H2,1H3. The molecule has 1 N–H and O–H groups in total. The Morgan fingerprint density at radius 3 is 2.85 bits per heavy atom. The molecule has 0 radical (unpaired) electrons. The van der Waals surface area contributed by atoms with E-state index < -0.39 is 0 Å². The van der Waals surface area contributed by atoms with Crippen molar-refractivity contribution in [3.8, 4) is 0 Å². The van der Waals surface area contributed by atoms with Crippen LogP contribution in [-0.4, -0.2) is 13.2 Å². The second kappa shape index (κ2) is 5.22. The molecule has 0 saturated heterocycles. The van der Waals surface area contributed by atoms with Crippen molar-refractivity contribution in [2.75, 3.05) is 18.5 Å². The minimum absolute atomic E-state index is 0.264. The third-order valence-corrected chi connectivity index (χ3v) is 2.67. The predicted molar refractivity (Wildman–Crippen MR) is 58.0 cm³/mol. The van der Waals surface area contributed by atoms with E-state index in [1.165, 1.54) is 5.56 Å². The summed E-state index contributed by atoms with van der Waals surface area (Å²) in [7, 11) is 0. The van der Waals surface area contributed by atoms with Gasteiger partial charge in [0.2, 0.25) is 0 Å². The number of halogens is 2. The van der Waals surface area contributed by atoms with Gasteiger partial charge >= 0.3 is 0 Å². The van der Waals surface area contributed by atoms with Crippen molar-refractivity contribution in [1.29, 1.82) is 0 Å². The summed E-state index contributed by atoms with van der Waals surface area (Å²) in [6.07, 6.45) is 0.561. The minimum atomic E-state index is -0.264. The van der Waals surface area contributed by atoms with Gasteiger partial charge in [0.1, 0.15) is 0 Å². The summed E-state index contributed by atoms with van der Waals surface area (Å²) in [6, 6.07) is 6.04. The molecule has 1 aromatic rings. The third kappa shape index (κ3) is 3.35. The normalized spacial score (nSPS) is 10.1. The first-order chi connectivity index (χ1) is 6.24. The Labute approximate surface area is 86.5 Å². The summed E-state index contributed by atoms with van der Waals surface area (Å²) in [5.74, 6) is 0. The average Bonchev–Trinajstić information content (AvgIpc) is 2.12. The Morgan fingerprint density at radius 2 is 2.23 bits per heavy atom. The topological polar surface area (TPSA) is 12.0 Å². The van der Waals surface area contributed by atoms with Crippen molar-refractivity contribution in [3.05, 3.63) is 28.2 Å². The SMILES string of the molecule is Cc1ccc(NCCCF)cc1Br. The lowest BCUT2D eigenvalue weighted by Gasteiger charge is -2.06. The molecule has 3 heteroatoms. The monoisotopic (exact) mass is 245 g/mol. The highest BCUT2D eigenvalue weighted by molar-refractivity contribution is 9.10. The van der Waals surface area contributed by atoms with Crippen LogP contribution in [0.25, 0.3) is 0 Å². The van der Waals surface area contributed by atoms with Crippen LogP contribution >= 0.6 is 15.9 Å². The molecule has 0 aliphatic heterocycles. The summed E-state index contributed by atoms with van der Waals surface area (Å²) >= 11 is 3.44. The first kappa shape index (κ1) is 10.5. The molecule has 0 amide bonds. The van der Waals surface area contributed by atoms with Crippen molar-refractivity contribution in [2.24, 2.45) is 0 Å². The minimum Gasteiger partial charge on any atom is -0.385 e. The lowest BCUT2D eigenvalue weighted by molar-refractivity contribution is 0.481. The van der Waals surface area contributed by atoms with Crippen molar-refractivity contribution >= 4 is 21.6 Å². The highest BCUT2D eigenvalue weighted by atomic mass is 79.9. The quantitative estimate of drug-likeness (QED) is 0.801. The number of benzene rings is 1. The summed E-state index contributed by atoms with van der Waals surface area (Å²) < 4.78 is 12.9. The molecular formula is C10H13BrFN. The summed E-state index contributed by atoms with van der Waals surface area (Å²) in [5.41, 5.74) is 2.24. The maximum atomic E-state index is 11.8. The highest BCUT2D eigenvalue weighted by Gasteiger charge is 1.96. The van der Waals surface area contributed by atoms with Gasteiger partial charge in [-0.3, -0.25) is 4.39 Å². The highest BCUT2D eigenvalue weighted by Crippen LogP contribution is 2.20. The van der Waals surface area contributed by atoms with Gasteiger partial charge in [-0.05, 0) is 31.0 Å². The van der Waals surface area contributed by atoms with Crippen LogP contribution in [0.15, 0.2) is 22.7 Å².